The van der Waals surface area contributed by atoms with E-state index in [1.165, 1.54) is 12.4 Å². The predicted octanol–water partition coefficient (Wildman–Crippen LogP) is 2.64. The van der Waals surface area contributed by atoms with Gasteiger partial charge in [0.2, 0.25) is 0 Å². The van der Waals surface area contributed by atoms with Crippen molar-refractivity contribution in [2.45, 2.75) is 31.8 Å². The molecule has 0 aliphatic heterocycles. The standard InChI is InChI=1S/C17H21N3OSi/c1-5-16(21)17(20-13-18-12-19-20)15-8-6-14(7-9-15)10-11-22(2,3)4/h5-9,12-13,16-17,21H,1H2,2-4H3. The predicted molar refractivity (Wildman–Crippen MR) is 91.0 cm³/mol. The van der Waals surface area contributed by atoms with Crippen molar-refractivity contribution < 1.29 is 5.11 Å². The lowest BCUT2D eigenvalue weighted by Gasteiger charge is -2.21. The summed E-state index contributed by atoms with van der Waals surface area (Å²) in [5, 5.41) is 14.3. The van der Waals surface area contributed by atoms with E-state index < -0.39 is 14.2 Å². The molecule has 2 unspecified atom stereocenters. The third-order valence-electron chi connectivity index (χ3n) is 3.12. The minimum absolute atomic E-state index is 0.334. The smallest absolute Gasteiger partial charge is 0.137 e. The Hall–Kier alpha value is -2.16. The zero-order valence-electron chi connectivity index (χ0n) is 13.2. The van der Waals surface area contributed by atoms with Gasteiger partial charge in [-0.05, 0) is 17.7 Å². The summed E-state index contributed by atoms with van der Waals surface area (Å²) < 4.78 is 1.63. The summed E-state index contributed by atoms with van der Waals surface area (Å²) in [7, 11) is -1.38. The first kappa shape index (κ1) is 16.2. The first-order chi connectivity index (χ1) is 10.4. The Morgan fingerprint density at radius 2 is 1.95 bits per heavy atom. The van der Waals surface area contributed by atoms with Gasteiger partial charge in [-0.25, -0.2) is 9.67 Å². The fourth-order valence-corrected chi connectivity index (χ4v) is 2.54. The van der Waals surface area contributed by atoms with Crippen molar-refractivity contribution in [1.29, 1.82) is 0 Å². The topological polar surface area (TPSA) is 50.9 Å². The fourth-order valence-electron chi connectivity index (χ4n) is 2.02. The monoisotopic (exact) mass is 311 g/mol. The molecular weight excluding hydrogens is 290 g/mol. The van der Waals surface area contributed by atoms with Crippen molar-refractivity contribution in [3.63, 3.8) is 0 Å². The number of hydrogen-bond donors (Lipinski definition) is 1. The van der Waals surface area contributed by atoms with E-state index in [4.69, 9.17) is 0 Å². The van der Waals surface area contributed by atoms with Crippen LogP contribution in [0.25, 0.3) is 0 Å². The largest absolute Gasteiger partial charge is 0.386 e. The number of rotatable bonds is 4. The minimum atomic E-state index is -1.38. The second-order valence-corrected chi connectivity index (χ2v) is 10.9. The van der Waals surface area contributed by atoms with E-state index in [0.717, 1.165) is 11.1 Å². The summed E-state index contributed by atoms with van der Waals surface area (Å²) in [6.07, 6.45) is 3.82. The molecule has 0 saturated heterocycles. The quantitative estimate of drug-likeness (QED) is 0.536. The zero-order valence-corrected chi connectivity index (χ0v) is 14.2. The van der Waals surface area contributed by atoms with Crippen molar-refractivity contribution in [3.8, 4) is 11.5 Å². The number of aliphatic hydroxyl groups excluding tert-OH is 1. The van der Waals surface area contributed by atoms with Crippen molar-refractivity contribution >= 4 is 8.07 Å². The van der Waals surface area contributed by atoms with Gasteiger partial charge < -0.3 is 5.11 Å². The van der Waals surface area contributed by atoms with E-state index >= 15 is 0 Å². The molecule has 0 saturated carbocycles. The average Bonchev–Trinajstić information content (AvgIpc) is 2.99. The van der Waals surface area contributed by atoms with Crippen LogP contribution in [0.5, 0.6) is 0 Å². The molecule has 0 spiro atoms. The number of benzene rings is 1. The second kappa shape index (κ2) is 6.73. The van der Waals surface area contributed by atoms with E-state index in [0.29, 0.717) is 0 Å². The fraction of sp³-hybridized carbons (Fsp3) is 0.294. The highest BCUT2D eigenvalue weighted by atomic mass is 28.3. The van der Waals surface area contributed by atoms with Gasteiger partial charge in [0.1, 0.15) is 26.8 Å². The molecule has 1 heterocycles. The average molecular weight is 311 g/mol. The van der Waals surface area contributed by atoms with Gasteiger partial charge in [0, 0.05) is 5.56 Å². The van der Waals surface area contributed by atoms with E-state index in [1.54, 1.807) is 11.0 Å². The van der Waals surface area contributed by atoms with Crippen molar-refractivity contribution in [2.75, 3.05) is 0 Å². The summed E-state index contributed by atoms with van der Waals surface area (Å²) in [4.78, 5) is 3.95. The van der Waals surface area contributed by atoms with Gasteiger partial charge in [-0.1, -0.05) is 43.8 Å². The molecule has 0 amide bonds. The molecule has 0 bridgehead atoms. The molecule has 1 N–H and O–H groups in total. The Morgan fingerprint density at radius 1 is 1.27 bits per heavy atom. The first-order valence-electron chi connectivity index (χ1n) is 7.18. The second-order valence-electron chi connectivity index (χ2n) is 6.17. The molecule has 0 aliphatic rings. The van der Waals surface area contributed by atoms with Crippen molar-refractivity contribution in [1.82, 2.24) is 14.8 Å². The number of aromatic nitrogens is 3. The maximum atomic E-state index is 10.2. The maximum absolute atomic E-state index is 10.2. The first-order valence-corrected chi connectivity index (χ1v) is 10.7. The molecule has 0 fully saturated rings. The van der Waals surface area contributed by atoms with Gasteiger partial charge in [0.05, 0.1) is 6.10 Å². The lowest BCUT2D eigenvalue weighted by Crippen LogP contribution is -2.24. The van der Waals surface area contributed by atoms with E-state index in [2.05, 4.69) is 47.8 Å². The molecule has 4 nitrogen and oxygen atoms in total. The van der Waals surface area contributed by atoms with Gasteiger partial charge in [0.15, 0.2) is 0 Å². The van der Waals surface area contributed by atoms with Crippen LogP contribution in [0.15, 0.2) is 49.6 Å². The van der Waals surface area contributed by atoms with Crippen LogP contribution < -0.4 is 0 Å². The normalized spacial score (nSPS) is 13.8. The Morgan fingerprint density at radius 3 is 2.45 bits per heavy atom. The van der Waals surface area contributed by atoms with Crippen LogP contribution >= 0.6 is 0 Å². The lowest BCUT2D eigenvalue weighted by molar-refractivity contribution is 0.169. The Balaban J connectivity index is 2.30. The van der Waals surface area contributed by atoms with Crippen LogP contribution in [-0.4, -0.2) is 34.0 Å². The number of aliphatic hydroxyl groups is 1. The van der Waals surface area contributed by atoms with Crippen LogP contribution in [0.4, 0.5) is 0 Å². The highest BCUT2D eigenvalue weighted by Crippen LogP contribution is 2.22. The number of hydrogen-bond acceptors (Lipinski definition) is 3. The van der Waals surface area contributed by atoms with Crippen LogP contribution in [-0.2, 0) is 0 Å². The minimum Gasteiger partial charge on any atom is -0.386 e. The molecule has 1 aromatic heterocycles. The Labute approximate surface area is 132 Å². The maximum Gasteiger partial charge on any atom is 0.137 e. The molecule has 2 atom stereocenters. The third kappa shape index (κ3) is 4.17. The van der Waals surface area contributed by atoms with E-state index in [9.17, 15) is 5.11 Å². The van der Waals surface area contributed by atoms with Gasteiger partial charge in [-0.15, -0.1) is 12.1 Å². The summed E-state index contributed by atoms with van der Waals surface area (Å²) >= 11 is 0. The molecule has 114 valence electrons. The van der Waals surface area contributed by atoms with Gasteiger partial charge in [-0.3, -0.25) is 0 Å². The lowest BCUT2D eigenvalue weighted by atomic mass is 10.0. The summed E-state index contributed by atoms with van der Waals surface area (Å²) in [6.45, 7) is 10.3. The van der Waals surface area contributed by atoms with Crippen LogP contribution in [0.1, 0.15) is 17.2 Å². The van der Waals surface area contributed by atoms with Crippen molar-refractivity contribution in [2.24, 2.45) is 0 Å². The van der Waals surface area contributed by atoms with Crippen LogP contribution in [0, 0.1) is 11.5 Å². The van der Waals surface area contributed by atoms with Gasteiger partial charge in [0.25, 0.3) is 0 Å². The third-order valence-corrected chi connectivity index (χ3v) is 4.00. The molecule has 0 radical (unpaired) electrons. The zero-order chi connectivity index (χ0) is 16.2. The Kier molecular flexibility index (Phi) is 4.96. The van der Waals surface area contributed by atoms with Crippen LogP contribution in [0.2, 0.25) is 19.6 Å². The summed E-state index contributed by atoms with van der Waals surface area (Å²) in [6, 6.07) is 7.55. The molecule has 1 aromatic carbocycles. The summed E-state index contributed by atoms with van der Waals surface area (Å²) in [5.74, 6) is 3.22. The van der Waals surface area contributed by atoms with Crippen LogP contribution in [0.3, 0.4) is 0 Å². The SMILES string of the molecule is C=CC(O)C(c1ccc(C#C[Si](C)(C)C)cc1)n1cncn1. The van der Waals surface area contributed by atoms with Gasteiger partial charge >= 0.3 is 0 Å². The molecule has 5 heteroatoms. The van der Waals surface area contributed by atoms with E-state index in [-0.39, 0.29) is 6.04 Å². The molecule has 22 heavy (non-hydrogen) atoms. The summed E-state index contributed by atoms with van der Waals surface area (Å²) in [5.41, 5.74) is 5.27. The van der Waals surface area contributed by atoms with Gasteiger partial charge in [-0.2, -0.15) is 5.10 Å². The molecule has 2 rings (SSSR count). The number of nitrogens with zero attached hydrogens (tertiary/aromatic N) is 3. The molecule has 0 aliphatic carbocycles. The Bertz CT molecular complexity index is 675. The van der Waals surface area contributed by atoms with E-state index in [1.807, 2.05) is 24.3 Å². The highest BCUT2D eigenvalue weighted by Gasteiger charge is 2.21. The molecular formula is C17H21N3OSi. The highest BCUT2D eigenvalue weighted by molar-refractivity contribution is 6.83. The van der Waals surface area contributed by atoms with Crippen molar-refractivity contribution in [3.05, 3.63) is 60.7 Å². The molecule has 2 aromatic rings.